The number of cyclic esters (lactones) is 1. The van der Waals surface area contributed by atoms with Crippen LogP contribution in [0.1, 0.15) is 33.0 Å². The highest BCUT2D eigenvalue weighted by molar-refractivity contribution is 9.10. The monoisotopic (exact) mass is 621 g/mol. The van der Waals surface area contributed by atoms with E-state index in [1.54, 1.807) is 12.1 Å². The maximum absolute atomic E-state index is 14.7. The van der Waals surface area contributed by atoms with Crippen LogP contribution >= 0.6 is 43.2 Å². The molecule has 2 heterocycles. The van der Waals surface area contributed by atoms with Gasteiger partial charge in [-0.05, 0) is 47.0 Å². The van der Waals surface area contributed by atoms with Crippen LogP contribution in [0.3, 0.4) is 0 Å². The van der Waals surface area contributed by atoms with Crippen molar-refractivity contribution in [1.82, 2.24) is 4.90 Å². The van der Waals surface area contributed by atoms with Gasteiger partial charge in [-0.1, -0.05) is 40.2 Å². The van der Waals surface area contributed by atoms with E-state index in [1.807, 2.05) is 0 Å². The molecule has 1 aromatic carbocycles. The fourth-order valence-electron chi connectivity index (χ4n) is 3.51. The summed E-state index contributed by atoms with van der Waals surface area (Å²) in [4.78, 5) is 26.9. The number of aliphatic hydroxyl groups is 1. The average molecular weight is 623 g/mol. The molecule has 1 aliphatic heterocycles. The third kappa shape index (κ3) is 6.44. The average Bonchev–Trinajstić information content (AvgIpc) is 3.18. The smallest absolute Gasteiger partial charge is 0.410 e. The third-order valence-corrected chi connectivity index (χ3v) is 7.96. The van der Waals surface area contributed by atoms with E-state index in [0.29, 0.717) is 35.2 Å². The molecule has 2 aromatic rings. The number of ether oxygens (including phenoxy) is 2. The lowest BCUT2D eigenvalue weighted by Gasteiger charge is -2.33. The van der Waals surface area contributed by atoms with Crippen molar-refractivity contribution in [3.8, 4) is 0 Å². The molecule has 34 heavy (non-hydrogen) atoms. The molecule has 0 aliphatic carbocycles. The molecule has 0 bridgehead atoms. The van der Waals surface area contributed by atoms with Gasteiger partial charge in [0, 0.05) is 32.4 Å². The number of thiophene rings is 1. The Balaban J connectivity index is 1.64. The molecule has 0 unspecified atom stereocenters. The summed E-state index contributed by atoms with van der Waals surface area (Å²) < 4.78 is 40.5. The topological polar surface area (TPSA) is 76.1 Å². The highest BCUT2D eigenvalue weighted by Gasteiger charge is 2.39. The molecule has 1 N–H and O–H groups in total. The molecule has 184 valence electrons. The third-order valence-electron chi connectivity index (χ3n) is 5.32. The predicted octanol–water partition coefficient (Wildman–Crippen LogP) is 5.91. The van der Waals surface area contributed by atoms with Crippen molar-refractivity contribution >= 4 is 55.3 Å². The number of alkyl halides is 2. The first-order chi connectivity index (χ1) is 16.1. The second-order valence-electron chi connectivity index (χ2n) is 7.60. The van der Waals surface area contributed by atoms with Gasteiger partial charge in [-0.25, -0.2) is 9.59 Å². The Morgan fingerprint density at radius 1 is 1.41 bits per heavy atom. The number of methoxy groups -OCH3 is 1. The van der Waals surface area contributed by atoms with Crippen LogP contribution in [-0.2, 0) is 21.8 Å². The number of carbonyl (C=O) groups is 2. The van der Waals surface area contributed by atoms with Gasteiger partial charge in [0.05, 0.1) is 19.8 Å². The van der Waals surface area contributed by atoms with Gasteiger partial charge in [0.1, 0.15) is 11.0 Å². The van der Waals surface area contributed by atoms with Crippen LogP contribution in [0, 0.1) is 0 Å². The van der Waals surface area contributed by atoms with E-state index in [-0.39, 0.29) is 12.2 Å². The van der Waals surface area contributed by atoms with Crippen molar-refractivity contribution in [2.75, 3.05) is 20.3 Å². The van der Waals surface area contributed by atoms with E-state index in [9.17, 15) is 23.5 Å². The zero-order valence-corrected chi connectivity index (χ0v) is 22.2. The first-order valence-corrected chi connectivity index (χ1v) is 12.8. The minimum Gasteiger partial charge on any atom is -0.465 e. The summed E-state index contributed by atoms with van der Waals surface area (Å²) in [7, 11) is 1.32. The molecule has 1 aliphatic rings. The molecular weight excluding hydrogens is 600 g/mol. The Bertz CT molecular complexity index is 1060. The summed E-state index contributed by atoms with van der Waals surface area (Å²) >= 11 is 7.90. The van der Waals surface area contributed by atoms with E-state index >= 15 is 0 Å². The molecule has 3 rings (SSSR count). The quantitative estimate of drug-likeness (QED) is 0.278. The first kappa shape index (κ1) is 26.8. The molecule has 0 radical (unpaired) electrons. The van der Waals surface area contributed by atoms with Gasteiger partial charge in [-0.2, -0.15) is 8.78 Å². The molecule has 0 spiro atoms. The van der Waals surface area contributed by atoms with Crippen molar-refractivity contribution in [3.63, 3.8) is 0 Å². The molecule has 11 heteroatoms. The number of benzene rings is 1. The van der Waals surface area contributed by atoms with Gasteiger partial charge in [0.25, 0.3) is 0 Å². The lowest BCUT2D eigenvalue weighted by atomic mass is 10.0. The van der Waals surface area contributed by atoms with Gasteiger partial charge in [0.15, 0.2) is 0 Å². The second-order valence-corrected chi connectivity index (χ2v) is 10.5. The van der Waals surface area contributed by atoms with Crippen molar-refractivity contribution in [1.29, 1.82) is 0 Å². The van der Waals surface area contributed by atoms with E-state index in [4.69, 9.17) is 9.47 Å². The van der Waals surface area contributed by atoms with E-state index in [2.05, 4.69) is 31.9 Å². The summed E-state index contributed by atoms with van der Waals surface area (Å²) in [5, 5.41) is 10.2. The van der Waals surface area contributed by atoms with Crippen LogP contribution in [0.4, 0.5) is 13.6 Å². The van der Waals surface area contributed by atoms with E-state index in [1.165, 1.54) is 47.6 Å². The zero-order chi connectivity index (χ0) is 24.9. The first-order valence-electron chi connectivity index (χ1n) is 10.4. The number of aliphatic hydroxyl groups excluding tert-OH is 1. The maximum atomic E-state index is 14.7. The van der Waals surface area contributed by atoms with Crippen molar-refractivity contribution in [2.45, 2.75) is 37.3 Å². The Morgan fingerprint density at radius 2 is 2.18 bits per heavy atom. The molecule has 0 saturated carbocycles. The van der Waals surface area contributed by atoms with Crippen LogP contribution in [-0.4, -0.2) is 54.5 Å². The van der Waals surface area contributed by atoms with Gasteiger partial charge >= 0.3 is 18.0 Å². The Kier molecular flexibility index (Phi) is 9.25. The molecule has 2 atom stereocenters. The van der Waals surface area contributed by atoms with E-state index < -0.39 is 30.1 Å². The molecule has 1 aromatic heterocycles. The van der Waals surface area contributed by atoms with Crippen LogP contribution < -0.4 is 0 Å². The molecular formula is C23H23Br2F2NO5S. The number of halogens is 4. The molecule has 6 nitrogen and oxygen atoms in total. The summed E-state index contributed by atoms with van der Waals surface area (Å²) in [6.07, 6.45) is 1.47. The van der Waals surface area contributed by atoms with Crippen LogP contribution in [0.2, 0.25) is 0 Å². The highest BCUT2D eigenvalue weighted by atomic mass is 79.9. The zero-order valence-electron chi connectivity index (χ0n) is 18.2. The van der Waals surface area contributed by atoms with E-state index in [0.717, 1.165) is 15.4 Å². The van der Waals surface area contributed by atoms with Crippen molar-refractivity contribution in [2.24, 2.45) is 0 Å². The predicted molar refractivity (Wildman–Crippen MR) is 131 cm³/mol. The number of carbonyl (C=O) groups excluding carboxylic acids is 2. The number of rotatable bonds is 9. The summed E-state index contributed by atoms with van der Waals surface area (Å²) in [5.41, 5.74) is -0.313. The lowest BCUT2D eigenvalue weighted by molar-refractivity contribution is -0.0930. The Labute approximate surface area is 216 Å². The summed E-state index contributed by atoms with van der Waals surface area (Å²) in [6.45, 7) is 0.491. The summed E-state index contributed by atoms with van der Waals surface area (Å²) in [6, 6.07) is 6.82. The van der Waals surface area contributed by atoms with Gasteiger partial charge in [-0.3, -0.25) is 0 Å². The maximum Gasteiger partial charge on any atom is 0.410 e. The van der Waals surface area contributed by atoms with Crippen molar-refractivity contribution in [3.05, 3.63) is 66.7 Å². The molecule has 1 saturated heterocycles. The number of hydrogen-bond acceptors (Lipinski definition) is 6. The lowest BCUT2D eigenvalue weighted by Crippen LogP contribution is -2.45. The van der Waals surface area contributed by atoms with Crippen LogP contribution in [0.25, 0.3) is 0 Å². The Hall–Kier alpha value is -1.82. The summed E-state index contributed by atoms with van der Waals surface area (Å²) in [5.74, 6) is -3.91. The normalized spacial score (nSPS) is 17.6. The highest BCUT2D eigenvalue weighted by Crippen LogP contribution is 2.34. The minimum atomic E-state index is -3.50. The molecule has 1 fully saturated rings. The second kappa shape index (κ2) is 11.7. The van der Waals surface area contributed by atoms with Gasteiger partial charge in [-0.15, -0.1) is 11.3 Å². The standard InChI is InChI=1S/C23H23Br2F2NO5S/c1-32-21(30)19-13-17(25)18(34-19)6-3-10-28-16(9-11-33-22(28)31)7-8-20(29)23(26,27)14-4-2-5-15(24)12-14/h2,4-5,7-8,12-13,16,20,29H,3,6,9-11H2,1H3/t16-,20+/m0/s1. The Morgan fingerprint density at radius 3 is 2.88 bits per heavy atom. The number of aryl methyl sites for hydroxylation is 1. The minimum absolute atomic E-state index is 0.168. The van der Waals surface area contributed by atoms with Gasteiger partial charge in [0.2, 0.25) is 0 Å². The SMILES string of the molecule is COC(=O)c1cc(Br)c(CCCN2C(=O)OCC[C@@H]2C=C[C@@H](O)C(F)(F)c2cccc(Br)c2)s1. The number of esters is 1. The van der Waals surface area contributed by atoms with Crippen LogP contribution in [0.15, 0.2) is 51.4 Å². The fourth-order valence-corrected chi connectivity index (χ4v) is 5.74. The van der Waals surface area contributed by atoms with Crippen molar-refractivity contribution < 1.29 is 33.0 Å². The van der Waals surface area contributed by atoms with Gasteiger partial charge < -0.3 is 19.5 Å². The largest absolute Gasteiger partial charge is 0.465 e. The van der Waals surface area contributed by atoms with Crippen LogP contribution in [0.5, 0.6) is 0 Å². The number of nitrogens with zero attached hydrogens (tertiary/aromatic N) is 1. The molecule has 1 amide bonds. The number of amides is 1. The fraction of sp³-hybridized carbons (Fsp3) is 0.391. The number of hydrogen-bond donors (Lipinski definition) is 1.